The van der Waals surface area contributed by atoms with Crippen molar-refractivity contribution in [2.45, 2.75) is 19.6 Å². The zero-order valence-electron chi connectivity index (χ0n) is 18.7. The molecule has 4 aromatic rings. The smallest absolute Gasteiger partial charge is 0.151 e. The molecule has 0 bridgehead atoms. The predicted octanol–water partition coefficient (Wildman–Crippen LogP) is 3.82. The number of benzene rings is 2. The third kappa shape index (κ3) is 5.59. The predicted molar refractivity (Wildman–Crippen MR) is 130 cm³/mol. The van der Waals surface area contributed by atoms with Crippen LogP contribution in [0.4, 0.5) is 0 Å². The highest BCUT2D eigenvalue weighted by Crippen LogP contribution is 2.25. The number of aliphatic hydroxyl groups excluding tert-OH is 1. The van der Waals surface area contributed by atoms with Crippen LogP contribution in [0.2, 0.25) is 0 Å². The largest absolute Gasteiger partial charge is 0.491 e. The Balaban J connectivity index is 1.05. The molecule has 0 aliphatic carbocycles. The van der Waals surface area contributed by atoms with Crippen LogP contribution in [0.5, 0.6) is 5.75 Å². The first-order chi connectivity index (χ1) is 16.1. The summed E-state index contributed by atoms with van der Waals surface area (Å²) >= 11 is 1.67. The molecule has 8 heteroatoms. The maximum atomic E-state index is 10.5. The van der Waals surface area contributed by atoms with Crippen molar-refractivity contribution in [3.63, 3.8) is 0 Å². The van der Waals surface area contributed by atoms with E-state index >= 15 is 0 Å². The van der Waals surface area contributed by atoms with Crippen LogP contribution in [-0.2, 0) is 6.54 Å². The quantitative estimate of drug-likeness (QED) is 0.425. The summed E-state index contributed by atoms with van der Waals surface area (Å²) in [6, 6.07) is 18.0. The van der Waals surface area contributed by atoms with Gasteiger partial charge >= 0.3 is 0 Å². The van der Waals surface area contributed by atoms with Crippen LogP contribution < -0.4 is 4.74 Å². The summed E-state index contributed by atoms with van der Waals surface area (Å²) in [7, 11) is 0. The fourth-order valence-electron chi connectivity index (χ4n) is 4.14. The number of ether oxygens (including phenoxy) is 1. The molecule has 0 saturated carbocycles. The average molecular weight is 465 g/mol. The molecule has 33 heavy (non-hydrogen) atoms. The third-order valence-corrected chi connectivity index (χ3v) is 6.80. The van der Waals surface area contributed by atoms with E-state index in [-0.39, 0.29) is 6.61 Å². The van der Waals surface area contributed by atoms with Crippen LogP contribution in [0.25, 0.3) is 21.5 Å². The van der Waals surface area contributed by atoms with E-state index in [1.165, 1.54) is 0 Å². The number of thiazole rings is 1. The molecule has 0 spiro atoms. The van der Waals surface area contributed by atoms with Gasteiger partial charge in [0.05, 0.1) is 21.8 Å². The molecule has 2 aromatic heterocycles. The number of aryl methyl sites for hydroxylation is 1. The van der Waals surface area contributed by atoms with Crippen molar-refractivity contribution in [3.05, 3.63) is 65.4 Å². The molecular formula is C25H28N4O3S. The number of aromatic nitrogens is 2. The van der Waals surface area contributed by atoms with E-state index in [4.69, 9.17) is 9.26 Å². The Kier molecular flexibility index (Phi) is 6.68. The second kappa shape index (κ2) is 10.0. The van der Waals surface area contributed by atoms with E-state index in [1.807, 2.05) is 61.5 Å². The van der Waals surface area contributed by atoms with Crippen molar-refractivity contribution in [1.29, 1.82) is 0 Å². The average Bonchev–Trinajstić information content (AvgIpc) is 3.45. The number of piperazine rings is 1. The minimum absolute atomic E-state index is 0.273. The van der Waals surface area contributed by atoms with Gasteiger partial charge in [0, 0.05) is 50.4 Å². The van der Waals surface area contributed by atoms with Gasteiger partial charge in [-0.1, -0.05) is 35.5 Å². The monoisotopic (exact) mass is 464 g/mol. The molecule has 1 N–H and O–H groups in total. The van der Waals surface area contributed by atoms with Crippen LogP contribution in [0.1, 0.15) is 10.8 Å². The van der Waals surface area contributed by atoms with Gasteiger partial charge in [-0.15, -0.1) is 11.3 Å². The Bertz CT molecular complexity index is 1180. The lowest BCUT2D eigenvalue weighted by atomic mass is 10.1. The molecule has 2 aromatic carbocycles. The molecule has 7 nitrogen and oxygen atoms in total. The van der Waals surface area contributed by atoms with E-state index in [0.717, 1.165) is 70.7 Å². The van der Waals surface area contributed by atoms with Crippen molar-refractivity contribution >= 4 is 21.6 Å². The molecule has 1 atom stereocenters. The maximum absolute atomic E-state index is 10.5. The van der Waals surface area contributed by atoms with Crippen molar-refractivity contribution < 1.29 is 14.4 Å². The van der Waals surface area contributed by atoms with E-state index in [9.17, 15) is 5.11 Å². The van der Waals surface area contributed by atoms with Gasteiger partial charge in [-0.2, -0.15) is 0 Å². The number of fused-ring (bicyclic) bond motifs is 1. The van der Waals surface area contributed by atoms with Gasteiger partial charge in [0.2, 0.25) is 0 Å². The molecular weight excluding hydrogens is 436 g/mol. The molecule has 3 heterocycles. The molecule has 1 fully saturated rings. The number of aliphatic hydroxyl groups is 1. The lowest BCUT2D eigenvalue weighted by Gasteiger charge is -2.35. The van der Waals surface area contributed by atoms with Crippen LogP contribution in [0.15, 0.2) is 59.1 Å². The van der Waals surface area contributed by atoms with Crippen molar-refractivity contribution in [3.8, 4) is 17.0 Å². The Labute approximate surface area is 197 Å². The van der Waals surface area contributed by atoms with E-state index in [2.05, 4.69) is 19.9 Å². The number of β-amino-alcohol motifs (C(OH)–C–C–N with tert-alkyl or cyclic N) is 1. The fourth-order valence-corrected chi connectivity index (χ4v) is 4.95. The highest BCUT2D eigenvalue weighted by molar-refractivity contribution is 7.18. The summed E-state index contributed by atoms with van der Waals surface area (Å²) in [5.74, 6) is 1.63. The van der Waals surface area contributed by atoms with Gasteiger partial charge in [0.25, 0.3) is 0 Å². The van der Waals surface area contributed by atoms with Crippen molar-refractivity contribution in [2.75, 3.05) is 39.3 Å². The molecule has 0 radical (unpaired) electrons. The van der Waals surface area contributed by atoms with Gasteiger partial charge in [-0.05, 0) is 19.1 Å². The van der Waals surface area contributed by atoms with Crippen molar-refractivity contribution in [2.24, 2.45) is 0 Å². The Hall–Kier alpha value is -2.78. The third-order valence-electron chi connectivity index (χ3n) is 5.85. The second-order valence-electron chi connectivity index (χ2n) is 8.45. The Morgan fingerprint density at radius 2 is 1.85 bits per heavy atom. The number of nitrogens with zero attached hydrogens (tertiary/aromatic N) is 4. The zero-order chi connectivity index (χ0) is 22.6. The Morgan fingerprint density at radius 3 is 2.67 bits per heavy atom. The first-order valence-electron chi connectivity index (χ1n) is 11.3. The number of rotatable bonds is 8. The highest BCUT2D eigenvalue weighted by atomic mass is 32.1. The summed E-state index contributed by atoms with van der Waals surface area (Å²) in [4.78, 5) is 9.15. The lowest BCUT2D eigenvalue weighted by Crippen LogP contribution is -2.48. The van der Waals surface area contributed by atoms with Gasteiger partial charge in [0.1, 0.15) is 24.2 Å². The lowest BCUT2D eigenvalue weighted by molar-refractivity contribution is 0.0430. The molecule has 1 aliphatic heterocycles. The zero-order valence-corrected chi connectivity index (χ0v) is 19.5. The molecule has 1 aliphatic rings. The van der Waals surface area contributed by atoms with Crippen LogP contribution in [0, 0.1) is 6.92 Å². The fraction of sp³-hybridized carbons (Fsp3) is 0.360. The van der Waals surface area contributed by atoms with Crippen LogP contribution in [0.3, 0.4) is 0 Å². The SMILES string of the molecule is Cc1nc2cc(OC[C@@H](O)CN3CCN(Cc4cc(-c5ccccc5)no4)CC3)ccc2s1. The Morgan fingerprint density at radius 1 is 1.06 bits per heavy atom. The molecule has 1 saturated heterocycles. The van der Waals surface area contributed by atoms with E-state index in [0.29, 0.717) is 6.54 Å². The number of hydrogen-bond donors (Lipinski definition) is 1. The number of hydrogen-bond acceptors (Lipinski definition) is 8. The molecule has 172 valence electrons. The summed E-state index contributed by atoms with van der Waals surface area (Å²) in [6.45, 7) is 7.28. The molecule has 0 unspecified atom stereocenters. The molecule has 5 rings (SSSR count). The first-order valence-corrected chi connectivity index (χ1v) is 12.1. The van der Waals surface area contributed by atoms with E-state index < -0.39 is 6.10 Å². The topological polar surface area (TPSA) is 74.9 Å². The second-order valence-corrected chi connectivity index (χ2v) is 9.68. The summed E-state index contributed by atoms with van der Waals surface area (Å²) < 4.78 is 12.5. The minimum atomic E-state index is -0.535. The van der Waals surface area contributed by atoms with E-state index in [1.54, 1.807) is 11.3 Å². The summed E-state index contributed by atoms with van der Waals surface area (Å²) in [5.41, 5.74) is 2.88. The highest BCUT2D eigenvalue weighted by Gasteiger charge is 2.21. The summed E-state index contributed by atoms with van der Waals surface area (Å²) in [6.07, 6.45) is -0.535. The first kappa shape index (κ1) is 22.0. The minimum Gasteiger partial charge on any atom is -0.491 e. The van der Waals surface area contributed by atoms with Gasteiger partial charge in [0.15, 0.2) is 5.76 Å². The van der Waals surface area contributed by atoms with Gasteiger partial charge < -0.3 is 14.4 Å². The van der Waals surface area contributed by atoms with Crippen LogP contribution >= 0.6 is 11.3 Å². The standard InChI is InChI=1S/C25H28N4O3S/c1-18-26-24-13-21(7-8-25(24)33-18)31-17-20(30)15-28-9-11-29(12-10-28)16-22-14-23(27-32-22)19-5-3-2-4-6-19/h2-8,13-14,20,30H,9-12,15-17H2,1H3/t20-/m0/s1. The van der Waals surface area contributed by atoms with Gasteiger partial charge in [-0.25, -0.2) is 4.98 Å². The molecule has 0 amide bonds. The summed E-state index contributed by atoms with van der Waals surface area (Å²) in [5, 5.41) is 15.7. The maximum Gasteiger partial charge on any atom is 0.151 e. The van der Waals surface area contributed by atoms with Crippen molar-refractivity contribution in [1.82, 2.24) is 19.9 Å². The normalized spacial score (nSPS) is 16.3. The van der Waals surface area contributed by atoms with Gasteiger partial charge in [-0.3, -0.25) is 9.80 Å². The van der Waals surface area contributed by atoms with Crippen LogP contribution in [-0.4, -0.2) is 70.5 Å².